The van der Waals surface area contributed by atoms with Gasteiger partial charge in [-0.1, -0.05) is 0 Å². The molecule has 0 saturated carbocycles. The van der Waals surface area contributed by atoms with Crippen LogP contribution in [0.2, 0.25) is 0 Å². The number of carbonyl (C=O) groups is 1. The quantitative estimate of drug-likeness (QED) is 0.613. The summed E-state index contributed by atoms with van der Waals surface area (Å²) in [6.07, 6.45) is 2.39. The number of nitro groups is 1. The van der Waals surface area contributed by atoms with Gasteiger partial charge in [0.1, 0.15) is 0 Å². The Morgan fingerprint density at radius 2 is 1.85 bits per heavy atom. The number of nitrogens with one attached hydrogen (secondary N) is 1. The summed E-state index contributed by atoms with van der Waals surface area (Å²) in [7, 11) is -3.73. The Labute approximate surface area is 156 Å². The van der Waals surface area contributed by atoms with Crippen molar-refractivity contribution in [1.82, 2.24) is 9.62 Å². The molecule has 2 aromatic rings. The van der Waals surface area contributed by atoms with Crippen molar-refractivity contribution < 1.29 is 22.6 Å². The van der Waals surface area contributed by atoms with Crippen LogP contribution in [0.25, 0.3) is 0 Å². The maximum Gasteiger partial charge on any atom is 0.287 e. The van der Waals surface area contributed by atoms with Gasteiger partial charge in [0, 0.05) is 36.8 Å². The summed E-state index contributed by atoms with van der Waals surface area (Å²) in [5.74, 6) is -0.0508. The van der Waals surface area contributed by atoms with Gasteiger partial charge in [-0.05, 0) is 38.0 Å². The topological polar surface area (TPSA) is 123 Å². The number of benzene rings is 1. The number of furan rings is 1. The number of aryl methyl sites for hydroxylation is 1. The van der Waals surface area contributed by atoms with Crippen LogP contribution in [0.1, 0.15) is 29.0 Å². The second-order valence-electron chi connectivity index (χ2n) is 6.34. The van der Waals surface area contributed by atoms with Gasteiger partial charge in [-0.15, -0.1) is 0 Å². The van der Waals surface area contributed by atoms with Crippen LogP contribution in [-0.4, -0.2) is 42.7 Å². The number of rotatable bonds is 5. The second-order valence-corrected chi connectivity index (χ2v) is 8.27. The van der Waals surface area contributed by atoms with Gasteiger partial charge in [0.25, 0.3) is 11.6 Å². The average molecular weight is 393 g/mol. The van der Waals surface area contributed by atoms with E-state index in [9.17, 15) is 23.3 Å². The van der Waals surface area contributed by atoms with E-state index in [0.29, 0.717) is 12.8 Å². The Balaban J connectivity index is 1.61. The van der Waals surface area contributed by atoms with Crippen LogP contribution in [-0.2, 0) is 10.0 Å². The summed E-state index contributed by atoms with van der Waals surface area (Å²) >= 11 is 0. The highest BCUT2D eigenvalue weighted by atomic mass is 32.2. The number of sulfonamides is 1. The lowest BCUT2D eigenvalue weighted by Gasteiger charge is -2.31. The molecule has 1 saturated heterocycles. The largest absolute Gasteiger partial charge is 0.459 e. The molecule has 0 atom stereocenters. The van der Waals surface area contributed by atoms with Crippen molar-refractivity contribution in [2.75, 3.05) is 13.1 Å². The van der Waals surface area contributed by atoms with Crippen LogP contribution >= 0.6 is 0 Å². The molecule has 1 aliphatic rings. The Hall–Kier alpha value is -2.72. The van der Waals surface area contributed by atoms with Crippen molar-refractivity contribution in [1.29, 1.82) is 0 Å². The van der Waals surface area contributed by atoms with E-state index in [-0.39, 0.29) is 41.4 Å². The fourth-order valence-electron chi connectivity index (χ4n) is 2.99. The molecular weight excluding hydrogens is 374 g/mol. The molecule has 0 spiro atoms. The molecule has 9 nitrogen and oxygen atoms in total. The zero-order chi connectivity index (χ0) is 19.6. The highest BCUT2D eigenvalue weighted by Crippen LogP contribution is 2.23. The van der Waals surface area contributed by atoms with Crippen LogP contribution in [0, 0.1) is 17.0 Å². The normalized spacial score (nSPS) is 16.2. The van der Waals surface area contributed by atoms with Gasteiger partial charge in [-0.3, -0.25) is 14.9 Å². The minimum absolute atomic E-state index is 0.0156. The van der Waals surface area contributed by atoms with Crippen LogP contribution in [0.5, 0.6) is 0 Å². The average Bonchev–Trinajstić information content (AvgIpc) is 3.08. The summed E-state index contributed by atoms with van der Waals surface area (Å²) in [4.78, 5) is 22.3. The SMILES string of the molecule is Cc1ccoc1C(=O)NC1CCN(S(=O)(=O)c2ccc([N+](=O)[O-])cc2)CC1. The van der Waals surface area contributed by atoms with Gasteiger partial charge in [0.05, 0.1) is 16.1 Å². The molecule has 1 fully saturated rings. The van der Waals surface area contributed by atoms with Crippen LogP contribution in [0.3, 0.4) is 0 Å². The Kier molecular flexibility index (Phi) is 5.29. The Morgan fingerprint density at radius 1 is 1.22 bits per heavy atom. The lowest BCUT2D eigenvalue weighted by molar-refractivity contribution is -0.384. The van der Waals surface area contributed by atoms with E-state index < -0.39 is 14.9 Å². The summed E-state index contributed by atoms with van der Waals surface area (Å²) in [6.45, 7) is 2.28. The van der Waals surface area contributed by atoms with Crippen molar-refractivity contribution in [3.05, 3.63) is 58.0 Å². The van der Waals surface area contributed by atoms with Crippen molar-refractivity contribution >= 4 is 21.6 Å². The Morgan fingerprint density at radius 3 is 2.37 bits per heavy atom. The molecule has 1 aliphatic heterocycles. The van der Waals surface area contributed by atoms with Gasteiger partial charge in [0.15, 0.2) is 5.76 Å². The number of hydrogen-bond acceptors (Lipinski definition) is 6. The molecule has 1 aromatic carbocycles. The van der Waals surface area contributed by atoms with Gasteiger partial charge < -0.3 is 9.73 Å². The number of nitro benzene ring substituents is 1. The number of nitrogens with zero attached hydrogens (tertiary/aromatic N) is 2. The minimum Gasteiger partial charge on any atom is -0.459 e. The first-order chi connectivity index (χ1) is 12.8. The number of piperidine rings is 1. The first-order valence-corrected chi connectivity index (χ1v) is 9.82. The maximum absolute atomic E-state index is 12.7. The van der Waals surface area contributed by atoms with E-state index in [1.54, 1.807) is 13.0 Å². The first-order valence-electron chi connectivity index (χ1n) is 8.38. The third-order valence-corrected chi connectivity index (χ3v) is 6.46. The standard InChI is InChI=1S/C17H19N3O6S/c1-12-8-11-26-16(12)17(21)18-13-6-9-19(10-7-13)27(24,25)15-4-2-14(3-5-15)20(22)23/h2-5,8,11,13H,6-7,9-10H2,1H3,(H,18,21). The molecule has 0 bridgehead atoms. The van der Waals surface area contributed by atoms with Crippen molar-refractivity contribution in [3.8, 4) is 0 Å². The predicted molar refractivity (Wildman–Crippen MR) is 95.8 cm³/mol. The summed E-state index contributed by atoms with van der Waals surface area (Å²) in [6, 6.07) is 6.37. The number of amides is 1. The molecule has 2 heterocycles. The lowest BCUT2D eigenvalue weighted by Crippen LogP contribution is -2.46. The number of hydrogen-bond donors (Lipinski definition) is 1. The molecule has 10 heteroatoms. The molecule has 0 unspecified atom stereocenters. The van der Waals surface area contributed by atoms with Crippen LogP contribution in [0.15, 0.2) is 45.9 Å². The minimum atomic E-state index is -3.73. The summed E-state index contributed by atoms with van der Waals surface area (Å²) < 4.78 is 31.9. The molecule has 27 heavy (non-hydrogen) atoms. The van der Waals surface area contributed by atoms with E-state index in [4.69, 9.17) is 4.42 Å². The maximum atomic E-state index is 12.7. The Bertz CT molecular complexity index is 943. The zero-order valence-corrected chi connectivity index (χ0v) is 15.4. The van der Waals surface area contributed by atoms with Crippen molar-refractivity contribution in [2.24, 2.45) is 0 Å². The molecular formula is C17H19N3O6S. The van der Waals surface area contributed by atoms with Gasteiger partial charge in [0.2, 0.25) is 10.0 Å². The highest BCUT2D eigenvalue weighted by molar-refractivity contribution is 7.89. The molecule has 0 radical (unpaired) electrons. The van der Waals surface area contributed by atoms with E-state index >= 15 is 0 Å². The lowest BCUT2D eigenvalue weighted by atomic mass is 10.1. The molecule has 0 aliphatic carbocycles. The van der Waals surface area contributed by atoms with Crippen molar-refractivity contribution in [3.63, 3.8) is 0 Å². The highest BCUT2D eigenvalue weighted by Gasteiger charge is 2.30. The van der Waals surface area contributed by atoms with Gasteiger partial charge in [-0.2, -0.15) is 4.31 Å². The summed E-state index contributed by atoms with van der Waals surface area (Å²) in [5, 5.41) is 13.6. The third-order valence-electron chi connectivity index (χ3n) is 4.54. The fourth-order valence-corrected chi connectivity index (χ4v) is 4.46. The first kappa shape index (κ1) is 19.1. The predicted octanol–water partition coefficient (Wildman–Crippen LogP) is 2.08. The molecule has 3 rings (SSSR count). The second kappa shape index (κ2) is 7.49. The van der Waals surface area contributed by atoms with E-state index in [2.05, 4.69) is 5.32 Å². The van der Waals surface area contributed by atoms with Gasteiger partial charge in [-0.25, -0.2) is 8.42 Å². The van der Waals surface area contributed by atoms with E-state index in [1.165, 1.54) is 34.8 Å². The fraction of sp³-hybridized carbons (Fsp3) is 0.353. The number of non-ortho nitro benzene ring substituents is 1. The molecule has 144 valence electrons. The smallest absolute Gasteiger partial charge is 0.287 e. The molecule has 1 amide bonds. The molecule has 1 aromatic heterocycles. The number of carbonyl (C=O) groups excluding carboxylic acids is 1. The van der Waals surface area contributed by atoms with E-state index in [1.807, 2.05) is 0 Å². The third kappa shape index (κ3) is 4.01. The zero-order valence-electron chi connectivity index (χ0n) is 14.6. The van der Waals surface area contributed by atoms with E-state index in [0.717, 1.165) is 5.56 Å². The van der Waals surface area contributed by atoms with Crippen LogP contribution < -0.4 is 5.32 Å². The van der Waals surface area contributed by atoms with Gasteiger partial charge >= 0.3 is 0 Å². The van der Waals surface area contributed by atoms with Crippen LogP contribution in [0.4, 0.5) is 5.69 Å². The molecule has 1 N–H and O–H groups in total. The van der Waals surface area contributed by atoms with Crippen molar-refractivity contribution in [2.45, 2.75) is 30.7 Å². The monoisotopic (exact) mass is 393 g/mol. The summed E-state index contributed by atoms with van der Waals surface area (Å²) in [5.41, 5.74) is 0.578.